The molecule has 1 saturated carbocycles. The summed E-state index contributed by atoms with van der Waals surface area (Å²) in [6, 6.07) is 6.56. The van der Waals surface area contributed by atoms with Crippen LogP contribution < -0.4 is 0 Å². The van der Waals surface area contributed by atoms with Gasteiger partial charge < -0.3 is 4.90 Å². The molecule has 120 valence electrons. The highest BCUT2D eigenvalue weighted by molar-refractivity contribution is 8.00. The molecule has 7 heteroatoms. The first-order valence-corrected chi connectivity index (χ1v) is 9.93. The van der Waals surface area contributed by atoms with E-state index in [0.29, 0.717) is 17.7 Å². The minimum absolute atomic E-state index is 0.0799. The Balaban J connectivity index is 1.87. The van der Waals surface area contributed by atoms with Crippen molar-refractivity contribution < 1.29 is 13.2 Å². The molecule has 1 saturated heterocycles. The maximum absolute atomic E-state index is 12.9. The number of hydrogen-bond acceptors (Lipinski definition) is 4. The predicted octanol–water partition coefficient (Wildman–Crippen LogP) is 1.68. The molecule has 0 bridgehead atoms. The molecule has 1 aliphatic heterocycles. The Morgan fingerprint density at radius 3 is 2.73 bits per heavy atom. The monoisotopic (exact) mass is 340 g/mol. The first kappa shape index (κ1) is 15.8. The van der Waals surface area contributed by atoms with E-state index in [1.165, 1.54) is 16.1 Å². The average Bonchev–Trinajstić information content (AvgIpc) is 3.21. The Morgan fingerprint density at radius 1 is 1.36 bits per heavy atom. The first-order valence-electron chi connectivity index (χ1n) is 7.34. The van der Waals surface area contributed by atoms with Gasteiger partial charge in [-0.3, -0.25) is 4.79 Å². The summed E-state index contributed by atoms with van der Waals surface area (Å²) in [5.74, 6) is 0.787. The lowest BCUT2D eigenvalue weighted by molar-refractivity contribution is -0.133. The molecule has 0 N–H and O–H groups in total. The minimum Gasteiger partial charge on any atom is -0.341 e. The van der Waals surface area contributed by atoms with Gasteiger partial charge in [0.25, 0.3) is 0 Å². The molecule has 0 radical (unpaired) electrons. The van der Waals surface area contributed by atoms with Crippen LogP contribution in [0.15, 0.2) is 29.2 Å². The number of carbonyl (C=O) groups is 1. The van der Waals surface area contributed by atoms with Crippen LogP contribution in [0.1, 0.15) is 18.4 Å². The molecule has 1 aromatic carbocycles. The second kappa shape index (κ2) is 5.86. The largest absolute Gasteiger partial charge is 0.341 e. The highest BCUT2D eigenvalue weighted by Crippen LogP contribution is 2.32. The van der Waals surface area contributed by atoms with Crippen LogP contribution in [0.2, 0.25) is 0 Å². The quantitative estimate of drug-likeness (QED) is 0.837. The van der Waals surface area contributed by atoms with Crippen molar-refractivity contribution >= 4 is 27.7 Å². The number of rotatable bonds is 4. The molecule has 0 unspecified atom stereocenters. The zero-order chi connectivity index (χ0) is 15.9. The van der Waals surface area contributed by atoms with E-state index >= 15 is 0 Å². The molecule has 5 nitrogen and oxygen atoms in total. The topological polar surface area (TPSA) is 57.7 Å². The third kappa shape index (κ3) is 2.89. The van der Waals surface area contributed by atoms with E-state index in [4.69, 9.17) is 0 Å². The van der Waals surface area contributed by atoms with Crippen molar-refractivity contribution in [2.45, 2.75) is 36.7 Å². The van der Waals surface area contributed by atoms with Gasteiger partial charge in [-0.2, -0.15) is 4.31 Å². The smallest absolute Gasteiger partial charge is 0.244 e. The van der Waals surface area contributed by atoms with Gasteiger partial charge in [0.15, 0.2) is 0 Å². The molecule has 2 aliphatic rings. The lowest BCUT2D eigenvalue weighted by Crippen LogP contribution is -2.48. The van der Waals surface area contributed by atoms with Gasteiger partial charge in [-0.1, -0.05) is 12.1 Å². The summed E-state index contributed by atoms with van der Waals surface area (Å²) in [4.78, 5) is 14.6. The van der Waals surface area contributed by atoms with Crippen molar-refractivity contribution in [3.63, 3.8) is 0 Å². The molecule has 1 aromatic rings. The Kier molecular flexibility index (Phi) is 4.22. The van der Waals surface area contributed by atoms with Gasteiger partial charge >= 0.3 is 0 Å². The second-order valence-electron chi connectivity index (χ2n) is 5.90. The third-order valence-electron chi connectivity index (χ3n) is 4.17. The normalized spacial score (nSPS) is 22.7. The molecule has 1 amide bonds. The lowest BCUT2D eigenvalue weighted by atomic mass is 10.2. The minimum atomic E-state index is -3.63. The summed E-state index contributed by atoms with van der Waals surface area (Å²) in [7, 11) is -1.85. The van der Waals surface area contributed by atoms with Gasteiger partial charge in [-0.25, -0.2) is 8.42 Å². The van der Waals surface area contributed by atoms with Crippen molar-refractivity contribution in [3.8, 4) is 0 Å². The molecule has 1 atom stereocenters. The zero-order valence-electron chi connectivity index (χ0n) is 12.7. The van der Waals surface area contributed by atoms with E-state index in [0.717, 1.165) is 18.4 Å². The second-order valence-corrected chi connectivity index (χ2v) is 8.79. The highest BCUT2D eigenvalue weighted by Gasteiger charge is 2.43. The fourth-order valence-electron chi connectivity index (χ4n) is 2.65. The lowest BCUT2D eigenvalue weighted by Gasteiger charge is -2.26. The molecular weight excluding hydrogens is 320 g/mol. The standard InChI is InChI=1S/C15H20N2O3S2/c1-11-4-3-5-13(8-11)22(19,20)17-10-21-9-14(17)15(18)16(2)12-6-7-12/h3-5,8,12,14H,6-7,9-10H2,1-2H3/t14-/m0/s1. The Labute approximate surface area is 135 Å². The summed E-state index contributed by atoms with van der Waals surface area (Å²) in [5.41, 5.74) is 0.894. The number of nitrogens with zero attached hydrogens (tertiary/aromatic N) is 2. The first-order chi connectivity index (χ1) is 10.4. The molecule has 1 heterocycles. The van der Waals surface area contributed by atoms with Crippen LogP contribution in [0.5, 0.6) is 0 Å². The molecule has 1 aliphatic carbocycles. The maximum atomic E-state index is 12.9. The Hall–Kier alpha value is -1.05. The van der Waals surface area contributed by atoms with Crippen LogP contribution in [0.3, 0.4) is 0 Å². The Morgan fingerprint density at radius 2 is 2.09 bits per heavy atom. The van der Waals surface area contributed by atoms with E-state index in [9.17, 15) is 13.2 Å². The zero-order valence-corrected chi connectivity index (χ0v) is 14.4. The number of aryl methyl sites for hydroxylation is 1. The van der Waals surface area contributed by atoms with Gasteiger partial charge in [-0.05, 0) is 37.5 Å². The van der Waals surface area contributed by atoms with Crippen LogP contribution in [0.4, 0.5) is 0 Å². The van der Waals surface area contributed by atoms with Gasteiger partial charge in [0, 0.05) is 18.8 Å². The Bertz CT molecular complexity index is 686. The number of benzene rings is 1. The third-order valence-corrected chi connectivity index (χ3v) is 7.19. The van der Waals surface area contributed by atoms with E-state index in [-0.39, 0.29) is 10.8 Å². The summed E-state index contributed by atoms with van der Waals surface area (Å²) >= 11 is 1.49. The molecule has 0 aromatic heterocycles. The summed E-state index contributed by atoms with van der Waals surface area (Å²) in [6.45, 7) is 1.86. The van der Waals surface area contributed by atoms with Gasteiger partial charge in [0.1, 0.15) is 6.04 Å². The fraction of sp³-hybridized carbons (Fsp3) is 0.533. The number of carbonyl (C=O) groups excluding carboxylic acids is 1. The van der Waals surface area contributed by atoms with Crippen molar-refractivity contribution in [3.05, 3.63) is 29.8 Å². The average molecular weight is 340 g/mol. The number of hydrogen-bond donors (Lipinski definition) is 0. The van der Waals surface area contributed by atoms with Crippen LogP contribution >= 0.6 is 11.8 Å². The summed E-state index contributed by atoms with van der Waals surface area (Å²) in [5, 5.41) is 0. The van der Waals surface area contributed by atoms with Crippen molar-refractivity contribution in [1.82, 2.24) is 9.21 Å². The van der Waals surface area contributed by atoms with Crippen LogP contribution in [0.25, 0.3) is 0 Å². The number of likely N-dealkylation sites (N-methyl/N-ethyl adjacent to an activating group) is 1. The van der Waals surface area contributed by atoms with Gasteiger partial charge in [0.2, 0.25) is 15.9 Å². The molecular formula is C15H20N2O3S2. The summed E-state index contributed by atoms with van der Waals surface area (Å²) in [6.07, 6.45) is 2.04. The molecule has 22 heavy (non-hydrogen) atoms. The van der Waals surface area contributed by atoms with E-state index < -0.39 is 16.1 Å². The SMILES string of the molecule is Cc1cccc(S(=O)(=O)N2CSC[C@H]2C(=O)N(C)C2CC2)c1. The van der Waals surface area contributed by atoms with Gasteiger partial charge in [0.05, 0.1) is 10.8 Å². The molecule has 2 fully saturated rings. The van der Waals surface area contributed by atoms with Gasteiger partial charge in [-0.15, -0.1) is 11.8 Å². The summed E-state index contributed by atoms with van der Waals surface area (Å²) < 4.78 is 27.1. The van der Waals surface area contributed by atoms with Crippen molar-refractivity contribution in [1.29, 1.82) is 0 Å². The van der Waals surface area contributed by atoms with E-state index in [1.54, 1.807) is 30.1 Å². The molecule has 0 spiro atoms. The van der Waals surface area contributed by atoms with Crippen LogP contribution in [-0.4, -0.2) is 54.3 Å². The number of sulfonamides is 1. The van der Waals surface area contributed by atoms with Crippen molar-refractivity contribution in [2.75, 3.05) is 18.7 Å². The van der Waals surface area contributed by atoms with E-state index in [2.05, 4.69) is 0 Å². The number of amides is 1. The predicted molar refractivity (Wildman–Crippen MR) is 87.1 cm³/mol. The fourth-order valence-corrected chi connectivity index (χ4v) is 5.89. The maximum Gasteiger partial charge on any atom is 0.244 e. The van der Waals surface area contributed by atoms with Crippen LogP contribution in [-0.2, 0) is 14.8 Å². The van der Waals surface area contributed by atoms with Crippen LogP contribution in [0, 0.1) is 6.92 Å². The number of thioether (sulfide) groups is 1. The molecule has 3 rings (SSSR count). The van der Waals surface area contributed by atoms with E-state index in [1.807, 2.05) is 13.0 Å². The highest BCUT2D eigenvalue weighted by atomic mass is 32.2. The van der Waals surface area contributed by atoms with Crippen molar-refractivity contribution in [2.24, 2.45) is 0 Å².